The van der Waals surface area contributed by atoms with E-state index in [-0.39, 0.29) is 5.82 Å². The van der Waals surface area contributed by atoms with Crippen LogP contribution in [-0.4, -0.2) is 15.9 Å². The van der Waals surface area contributed by atoms with Crippen molar-refractivity contribution in [2.75, 3.05) is 0 Å². The van der Waals surface area contributed by atoms with Crippen LogP contribution < -0.4 is 5.73 Å². The van der Waals surface area contributed by atoms with Crippen molar-refractivity contribution >= 4 is 28.5 Å². The van der Waals surface area contributed by atoms with E-state index in [2.05, 4.69) is 9.97 Å². The first kappa shape index (κ1) is 8.07. The van der Waals surface area contributed by atoms with Gasteiger partial charge in [-0.2, -0.15) is 0 Å². The zero-order chi connectivity index (χ0) is 9.42. The third-order valence-electron chi connectivity index (χ3n) is 1.68. The smallest absolute Gasteiger partial charge is 0.284 e. The number of benzene rings is 1. The number of nitrogens with two attached hydrogens (primary N) is 1. The van der Waals surface area contributed by atoms with Gasteiger partial charge in [0.25, 0.3) is 5.91 Å². The Morgan fingerprint density at radius 1 is 1.54 bits per heavy atom. The van der Waals surface area contributed by atoms with Crippen LogP contribution >= 0.6 is 11.6 Å². The molecule has 13 heavy (non-hydrogen) atoms. The molecule has 0 radical (unpaired) electrons. The summed E-state index contributed by atoms with van der Waals surface area (Å²) in [5.41, 5.74) is 6.44. The van der Waals surface area contributed by atoms with Crippen LogP contribution in [0.3, 0.4) is 0 Å². The fraction of sp³-hybridized carbons (Fsp3) is 0. The molecule has 0 bridgehead atoms. The molecule has 2 aromatic rings. The van der Waals surface area contributed by atoms with Crippen LogP contribution in [0.2, 0.25) is 5.02 Å². The molecule has 2 rings (SSSR count). The number of carbonyl (C=O) groups excluding carboxylic acids is 1. The molecule has 0 spiro atoms. The molecule has 5 heteroatoms. The maximum Gasteiger partial charge on any atom is 0.284 e. The number of H-pyrrole nitrogens is 1. The van der Waals surface area contributed by atoms with Crippen LogP contribution in [-0.2, 0) is 0 Å². The van der Waals surface area contributed by atoms with Crippen molar-refractivity contribution in [2.24, 2.45) is 5.73 Å². The molecule has 0 unspecified atom stereocenters. The highest BCUT2D eigenvalue weighted by molar-refractivity contribution is 6.31. The van der Waals surface area contributed by atoms with Gasteiger partial charge in [-0.15, -0.1) is 0 Å². The topological polar surface area (TPSA) is 71.8 Å². The molecule has 0 atom stereocenters. The number of rotatable bonds is 1. The second-order valence-electron chi connectivity index (χ2n) is 2.61. The summed E-state index contributed by atoms with van der Waals surface area (Å²) in [6, 6.07) is 5.13. The van der Waals surface area contributed by atoms with Gasteiger partial charge in [0.2, 0.25) is 0 Å². The van der Waals surface area contributed by atoms with Gasteiger partial charge >= 0.3 is 0 Å². The van der Waals surface area contributed by atoms with Crippen molar-refractivity contribution in [3.63, 3.8) is 0 Å². The molecule has 0 fully saturated rings. The van der Waals surface area contributed by atoms with E-state index in [1.54, 1.807) is 18.2 Å². The summed E-state index contributed by atoms with van der Waals surface area (Å²) >= 11 is 5.74. The van der Waals surface area contributed by atoms with E-state index in [0.29, 0.717) is 10.5 Å². The second-order valence-corrected chi connectivity index (χ2v) is 3.05. The lowest BCUT2D eigenvalue weighted by Gasteiger charge is -1.87. The summed E-state index contributed by atoms with van der Waals surface area (Å²) in [5.74, 6) is -0.426. The summed E-state index contributed by atoms with van der Waals surface area (Å²) in [5, 5.41) is 0.579. The van der Waals surface area contributed by atoms with Crippen LogP contribution in [0.4, 0.5) is 0 Å². The van der Waals surface area contributed by atoms with Gasteiger partial charge in [-0.05, 0) is 18.2 Å². The van der Waals surface area contributed by atoms with Gasteiger partial charge in [0.15, 0.2) is 5.82 Å². The number of carbonyl (C=O) groups is 1. The number of nitrogens with zero attached hydrogens (tertiary/aromatic N) is 1. The van der Waals surface area contributed by atoms with Crippen molar-refractivity contribution < 1.29 is 4.79 Å². The number of amides is 1. The van der Waals surface area contributed by atoms with Crippen molar-refractivity contribution in [1.82, 2.24) is 9.97 Å². The van der Waals surface area contributed by atoms with Gasteiger partial charge < -0.3 is 10.7 Å². The quantitative estimate of drug-likeness (QED) is 0.720. The number of aromatic amines is 1. The predicted molar refractivity (Wildman–Crippen MR) is 49.6 cm³/mol. The molecule has 0 aliphatic rings. The van der Waals surface area contributed by atoms with E-state index >= 15 is 0 Å². The molecule has 1 heterocycles. The Balaban J connectivity index is 2.68. The fourth-order valence-electron chi connectivity index (χ4n) is 1.10. The first-order valence-corrected chi connectivity index (χ1v) is 3.99. The Morgan fingerprint density at radius 3 is 3.00 bits per heavy atom. The maximum atomic E-state index is 10.8. The molecule has 0 saturated carbocycles. The van der Waals surface area contributed by atoms with Crippen molar-refractivity contribution in [3.05, 3.63) is 29.0 Å². The lowest BCUT2D eigenvalue weighted by Crippen LogP contribution is -2.12. The average molecular weight is 196 g/mol. The number of hydrogen-bond acceptors (Lipinski definition) is 2. The van der Waals surface area contributed by atoms with E-state index in [4.69, 9.17) is 17.3 Å². The monoisotopic (exact) mass is 195 g/mol. The number of halogens is 1. The van der Waals surface area contributed by atoms with Crippen molar-refractivity contribution in [2.45, 2.75) is 0 Å². The number of primary amides is 1. The lowest BCUT2D eigenvalue weighted by atomic mass is 10.3. The minimum atomic E-state index is -0.577. The average Bonchev–Trinajstić information content (AvgIpc) is 2.46. The third-order valence-corrected chi connectivity index (χ3v) is 1.91. The SMILES string of the molecule is NC(=O)c1nc2cc(Cl)ccc2[nH]1. The number of fused-ring (bicyclic) bond motifs is 1. The van der Waals surface area contributed by atoms with E-state index in [1.165, 1.54) is 0 Å². The van der Waals surface area contributed by atoms with Gasteiger partial charge in [-0.25, -0.2) is 4.98 Å². The number of imidazole rings is 1. The zero-order valence-corrected chi connectivity index (χ0v) is 7.30. The minimum Gasteiger partial charge on any atom is -0.363 e. The van der Waals surface area contributed by atoms with Gasteiger partial charge in [-0.3, -0.25) is 4.79 Å². The largest absolute Gasteiger partial charge is 0.363 e. The summed E-state index contributed by atoms with van der Waals surface area (Å²) in [7, 11) is 0. The zero-order valence-electron chi connectivity index (χ0n) is 6.54. The molecular formula is C8H6ClN3O. The van der Waals surface area contributed by atoms with Crippen LogP contribution in [0.1, 0.15) is 10.6 Å². The molecule has 0 aliphatic heterocycles. The molecule has 4 nitrogen and oxygen atoms in total. The number of hydrogen-bond donors (Lipinski definition) is 2. The Kier molecular flexibility index (Phi) is 1.70. The highest BCUT2D eigenvalue weighted by Crippen LogP contribution is 2.16. The lowest BCUT2D eigenvalue weighted by molar-refractivity contribution is 0.0991. The van der Waals surface area contributed by atoms with E-state index < -0.39 is 5.91 Å². The summed E-state index contributed by atoms with van der Waals surface area (Å²) < 4.78 is 0. The molecule has 1 aromatic heterocycles. The number of nitrogens with one attached hydrogen (secondary N) is 1. The van der Waals surface area contributed by atoms with E-state index in [0.717, 1.165) is 5.52 Å². The van der Waals surface area contributed by atoms with E-state index in [1.807, 2.05) is 0 Å². The Morgan fingerprint density at radius 2 is 2.31 bits per heavy atom. The molecule has 0 saturated heterocycles. The van der Waals surface area contributed by atoms with Gasteiger partial charge in [0, 0.05) is 5.02 Å². The molecule has 66 valence electrons. The molecule has 3 N–H and O–H groups in total. The Bertz CT molecular complexity index is 477. The molecule has 1 amide bonds. The first-order chi connectivity index (χ1) is 6.16. The maximum absolute atomic E-state index is 10.8. The number of aromatic nitrogens is 2. The fourth-order valence-corrected chi connectivity index (χ4v) is 1.26. The Labute approximate surface area is 78.7 Å². The van der Waals surface area contributed by atoms with Crippen LogP contribution in [0.5, 0.6) is 0 Å². The molecule has 1 aromatic carbocycles. The van der Waals surface area contributed by atoms with Crippen molar-refractivity contribution in [1.29, 1.82) is 0 Å². The second kappa shape index (κ2) is 2.74. The van der Waals surface area contributed by atoms with Crippen LogP contribution in [0.15, 0.2) is 18.2 Å². The van der Waals surface area contributed by atoms with Crippen LogP contribution in [0, 0.1) is 0 Å². The Hall–Kier alpha value is -1.55. The van der Waals surface area contributed by atoms with Crippen molar-refractivity contribution in [3.8, 4) is 0 Å². The molecular weight excluding hydrogens is 190 g/mol. The first-order valence-electron chi connectivity index (χ1n) is 3.62. The standard InChI is InChI=1S/C8H6ClN3O/c9-4-1-2-5-6(3-4)12-8(11-5)7(10)13/h1-3H,(H2,10,13)(H,11,12). The summed E-state index contributed by atoms with van der Waals surface area (Å²) in [4.78, 5) is 17.5. The van der Waals surface area contributed by atoms with Gasteiger partial charge in [0.1, 0.15) is 0 Å². The third kappa shape index (κ3) is 1.36. The predicted octanol–water partition coefficient (Wildman–Crippen LogP) is 1.32. The van der Waals surface area contributed by atoms with Gasteiger partial charge in [-0.1, -0.05) is 11.6 Å². The highest BCUT2D eigenvalue weighted by Gasteiger charge is 2.06. The van der Waals surface area contributed by atoms with Crippen LogP contribution in [0.25, 0.3) is 11.0 Å². The highest BCUT2D eigenvalue weighted by atomic mass is 35.5. The van der Waals surface area contributed by atoms with Gasteiger partial charge in [0.05, 0.1) is 11.0 Å². The summed E-state index contributed by atoms with van der Waals surface area (Å²) in [6.45, 7) is 0. The normalized spacial score (nSPS) is 10.5. The summed E-state index contributed by atoms with van der Waals surface area (Å²) in [6.07, 6.45) is 0. The molecule has 0 aliphatic carbocycles. The minimum absolute atomic E-state index is 0.150. The van der Waals surface area contributed by atoms with E-state index in [9.17, 15) is 4.79 Å².